The number of amides is 2. The van der Waals surface area contributed by atoms with Crippen LogP contribution in [0, 0.1) is 6.92 Å². The van der Waals surface area contributed by atoms with Gasteiger partial charge in [-0.3, -0.25) is 14.5 Å². The van der Waals surface area contributed by atoms with E-state index in [0.717, 1.165) is 18.1 Å². The number of hydrogen-bond donors (Lipinski definition) is 1. The lowest BCUT2D eigenvalue weighted by Crippen LogP contribution is -2.40. The van der Waals surface area contributed by atoms with Crippen molar-refractivity contribution >= 4 is 17.6 Å². The Morgan fingerprint density at radius 2 is 2.11 bits per heavy atom. The van der Waals surface area contributed by atoms with Gasteiger partial charge in [0.15, 0.2) is 0 Å². The zero-order valence-corrected chi connectivity index (χ0v) is 16.7. The van der Waals surface area contributed by atoms with Crippen LogP contribution in [0.3, 0.4) is 0 Å². The Kier molecular flexibility index (Phi) is 6.88. The van der Waals surface area contributed by atoms with E-state index >= 15 is 0 Å². The molecule has 3 rings (SSSR count). The molecule has 0 saturated heterocycles. The Labute approximate surface area is 162 Å². The molecule has 0 spiro atoms. The Morgan fingerprint density at radius 3 is 2.89 bits per heavy atom. The van der Waals surface area contributed by atoms with E-state index in [4.69, 9.17) is 0 Å². The third-order valence-electron chi connectivity index (χ3n) is 5.77. The second kappa shape index (κ2) is 9.35. The molecule has 1 saturated carbocycles. The normalized spacial score (nSPS) is 18.0. The average molecular weight is 376 g/mol. The van der Waals surface area contributed by atoms with Gasteiger partial charge in [0.2, 0.25) is 11.8 Å². The van der Waals surface area contributed by atoms with Gasteiger partial charge in [-0.15, -0.1) is 0 Å². The number of nitrogens with zero attached hydrogens (tertiary/aromatic N) is 4. The van der Waals surface area contributed by atoms with E-state index < -0.39 is 0 Å². The fourth-order valence-corrected chi connectivity index (χ4v) is 4.18. The second-order valence-corrected chi connectivity index (χ2v) is 7.89. The molecule has 0 atom stereocenters. The number of fused-ring (bicyclic) bond motifs is 1. The minimum Gasteiger partial charge on any atom is -0.355 e. The average Bonchev–Trinajstić information content (AvgIpc) is 3.05. The number of anilines is 1. The van der Waals surface area contributed by atoms with Crippen molar-refractivity contribution < 1.29 is 9.59 Å². The van der Waals surface area contributed by atoms with Crippen molar-refractivity contribution in [3.63, 3.8) is 0 Å². The first kappa shape index (κ1) is 19.9. The number of aromatic nitrogens is 2. The van der Waals surface area contributed by atoms with Crippen LogP contribution in [0.1, 0.15) is 57.1 Å². The van der Waals surface area contributed by atoms with Gasteiger partial charge in [0.05, 0.1) is 12.2 Å². The molecule has 2 heterocycles. The SMILES string of the molecule is Cc1cc2n(n1)CCC(=O)N2CCCC(=O)NCCN(C)C1CCCCC1. The van der Waals surface area contributed by atoms with Crippen molar-refractivity contribution in [1.29, 1.82) is 0 Å². The Balaban J connectivity index is 1.35. The maximum Gasteiger partial charge on any atom is 0.229 e. The summed E-state index contributed by atoms with van der Waals surface area (Å²) in [7, 11) is 2.16. The van der Waals surface area contributed by atoms with E-state index in [2.05, 4.69) is 22.4 Å². The minimum atomic E-state index is 0.0705. The van der Waals surface area contributed by atoms with Gasteiger partial charge in [-0.05, 0) is 33.2 Å². The van der Waals surface area contributed by atoms with Crippen LogP contribution in [-0.4, -0.2) is 59.2 Å². The van der Waals surface area contributed by atoms with Crippen molar-refractivity contribution in [3.8, 4) is 0 Å². The van der Waals surface area contributed by atoms with Gasteiger partial charge in [-0.2, -0.15) is 5.10 Å². The summed E-state index contributed by atoms with van der Waals surface area (Å²) in [5, 5.41) is 7.44. The molecule has 7 nitrogen and oxygen atoms in total. The van der Waals surface area contributed by atoms with Crippen LogP contribution >= 0.6 is 0 Å². The molecular weight excluding hydrogens is 342 g/mol. The summed E-state index contributed by atoms with van der Waals surface area (Å²) < 4.78 is 1.89. The van der Waals surface area contributed by atoms with E-state index in [9.17, 15) is 9.59 Å². The van der Waals surface area contributed by atoms with Crippen molar-refractivity contribution in [2.45, 2.75) is 70.9 Å². The van der Waals surface area contributed by atoms with E-state index in [1.807, 2.05) is 17.7 Å². The summed E-state index contributed by atoms with van der Waals surface area (Å²) in [6.45, 7) is 4.75. The summed E-state index contributed by atoms with van der Waals surface area (Å²) in [5.41, 5.74) is 0.921. The van der Waals surface area contributed by atoms with Crippen LogP contribution in [0.5, 0.6) is 0 Å². The van der Waals surface area contributed by atoms with E-state index in [0.29, 0.717) is 44.9 Å². The number of rotatable bonds is 8. The van der Waals surface area contributed by atoms with Gasteiger partial charge in [-0.25, -0.2) is 4.68 Å². The van der Waals surface area contributed by atoms with Crippen molar-refractivity contribution in [2.24, 2.45) is 0 Å². The van der Waals surface area contributed by atoms with E-state index in [1.165, 1.54) is 32.1 Å². The van der Waals surface area contributed by atoms with E-state index in [1.54, 1.807) is 4.90 Å². The fraction of sp³-hybridized carbons (Fsp3) is 0.750. The second-order valence-electron chi connectivity index (χ2n) is 7.89. The highest BCUT2D eigenvalue weighted by Crippen LogP contribution is 2.23. The Hall–Kier alpha value is -1.89. The number of nitrogens with one attached hydrogen (secondary N) is 1. The van der Waals surface area contributed by atoms with E-state index in [-0.39, 0.29) is 11.8 Å². The molecule has 150 valence electrons. The van der Waals surface area contributed by atoms with Crippen LogP contribution in [-0.2, 0) is 16.1 Å². The molecule has 1 aliphatic heterocycles. The molecule has 1 fully saturated rings. The molecule has 7 heteroatoms. The quantitative estimate of drug-likeness (QED) is 0.755. The van der Waals surface area contributed by atoms with Gasteiger partial charge in [0.25, 0.3) is 0 Å². The molecule has 1 aliphatic carbocycles. The summed E-state index contributed by atoms with van der Waals surface area (Å²) in [6.07, 6.45) is 8.18. The van der Waals surface area contributed by atoms with Crippen LogP contribution in [0.25, 0.3) is 0 Å². The third-order valence-corrected chi connectivity index (χ3v) is 5.77. The lowest BCUT2D eigenvalue weighted by molar-refractivity contribution is -0.122. The van der Waals surface area contributed by atoms with Crippen LogP contribution in [0.4, 0.5) is 5.82 Å². The Bertz CT molecular complexity index is 651. The predicted octanol–water partition coefficient (Wildman–Crippen LogP) is 2.09. The first-order valence-electron chi connectivity index (χ1n) is 10.4. The lowest BCUT2D eigenvalue weighted by atomic mass is 9.94. The number of carbonyl (C=O) groups excluding carboxylic acids is 2. The summed E-state index contributed by atoms with van der Waals surface area (Å²) in [6, 6.07) is 2.62. The molecule has 0 radical (unpaired) electrons. The van der Waals surface area contributed by atoms with Crippen LogP contribution < -0.4 is 10.2 Å². The molecule has 27 heavy (non-hydrogen) atoms. The number of hydrogen-bond acceptors (Lipinski definition) is 4. The number of carbonyl (C=O) groups is 2. The molecule has 1 N–H and O–H groups in total. The highest BCUT2D eigenvalue weighted by Gasteiger charge is 2.25. The molecule has 0 aromatic carbocycles. The number of likely N-dealkylation sites (N-methyl/N-ethyl adjacent to an activating group) is 1. The molecular formula is C20H33N5O2. The highest BCUT2D eigenvalue weighted by atomic mass is 16.2. The summed E-state index contributed by atoms with van der Waals surface area (Å²) in [4.78, 5) is 28.5. The topological polar surface area (TPSA) is 70.5 Å². The van der Waals surface area contributed by atoms with Gasteiger partial charge >= 0.3 is 0 Å². The standard InChI is InChI=1S/C20H33N5O2/c1-16-15-19-24(20(27)10-13-25(19)22-16)12-6-9-18(26)21-11-14-23(2)17-7-4-3-5-8-17/h15,17H,3-14H2,1-2H3,(H,21,26). The van der Waals surface area contributed by atoms with Crippen LogP contribution in [0.2, 0.25) is 0 Å². The largest absolute Gasteiger partial charge is 0.355 e. The number of aryl methyl sites for hydroxylation is 2. The summed E-state index contributed by atoms with van der Waals surface area (Å²) in [5.74, 6) is 1.05. The third kappa shape index (κ3) is 5.31. The maximum absolute atomic E-state index is 12.2. The van der Waals surface area contributed by atoms with Gasteiger partial charge in [0.1, 0.15) is 5.82 Å². The van der Waals surface area contributed by atoms with Crippen LogP contribution in [0.15, 0.2) is 6.07 Å². The fourth-order valence-electron chi connectivity index (χ4n) is 4.18. The van der Waals surface area contributed by atoms with Gasteiger partial charge in [-0.1, -0.05) is 19.3 Å². The summed E-state index contributed by atoms with van der Waals surface area (Å²) >= 11 is 0. The zero-order chi connectivity index (χ0) is 19.2. The molecule has 1 aromatic rings. The first-order chi connectivity index (χ1) is 13.0. The Morgan fingerprint density at radius 1 is 1.33 bits per heavy atom. The zero-order valence-electron chi connectivity index (χ0n) is 16.7. The predicted molar refractivity (Wildman–Crippen MR) is 106 cm³/mol. The lowest BCUT2D eigenvalue weighted by Gasteiger charge is -2.31. The minimum absolute atomic E-state index is 0.0705. The van der Waals surface area contributed by atoms with Crippen molar-refractivity contribution in [1.82, 2.24) is 20.0 Å². The first-order valence-corrected chi connectivity index (χ1v) is 10.4. The van der Waals surface area contributed by atoms with Gasteiger partial charge in [0, 0.05) is 44.6 Å². The van der Waals surface area contributed by atoms with Crippen molar-refractivity contribution in [2.75, 3.05) is 31.6 Å². The molecule has 0 unspecified atom stereocenters. The monoisotopic (exact) mass is 375 g/mol. The molecule has 2 amide bonds. The maximum atomic E-state index is 12.2. The molecule has 2 aliphatic rings. The van der Waals surface area contributed by atoms with Gasteiger partial charge < -0.3 is 10.2 Å². The molecule has 0 bridgehead atoms. The van der Waals surface area contributed by atoms with Crippen molar-refractivity contribution in [3.05, 3.63) is 11.8 Å². The highest BCUT2D eigenvalue weighted by molar-refractivity contribution is 5.93. The molecule has 1 aromatic heterocycles. The smallest absolute Gasteiger partial charge is 0.229 e.